The van der Waals surface area contributed by atoms with Gasteiger partial charge in [-0.3, -0.25) is 0 Å². The van der Waals surface area contributed by atoms with Crippen molar-refractivity contribution in [1.82, 2.24) is 9.97 Å². The number of aryl methyl sites for hydroxylation is 1. The average molecular weight is 293 g/mol. The normalized spacial score (nSPS) is 11.9. The van der Waals surface area contributed by atoms with E-state index in [2.05, 4.69) is 15.3 Å². The van der Waals surface area contributed by atoms with Crippen molar-refractivity contribution in [2.24, 2.45) is 0 Å². The molecule has 0 bridgehead atoms. The van der Waals surface area contributed by atoms with E-state index in [4.69, 9.17) is 4.74 Å². The summed E-state index contributed by atoms with van der Waals surface area (Å²) in [5.74, 6) is 0.426. The maximum atomic E-state index is 11.4. The van der Waals surface area contributed by atoms with E-state index in [0.29, 0.717) is 29.0 Å². The van der Waals surface area contributed by atoms with Crippen molar-refractivity contribution in [3.63, 3.8) is 0 Å². The Bertz CT molecular complexity index is 587. The number of carboxylic acid groups (broad SMARTS) is 1. The third-order valence-corrected chi connectivity index (χ3v) is 3.41. The maximum Gasteiger partial charge on any atom is 0.331 e. The largest absolute Gasteiger partial charge is 0.479 e. The molecule has 0 saturated carbocycles. The van der Waals surface area contributed by atoms with Gasteiger partial charge < -0.3 is 15.2 Å². The van der Waals surface area contributed by atoms with E-state index < -0.39 is 12.0 Å². The number of anilines is 1. The van der Waals surface area contributed by atoms with Gasteiger partial charge in [0, 0.05) is 10.9 Å². The first-order valence-corrected chi connectivity index (χ1v) is 6.99. The van der Waals surface area contributed by atoms with Crippen molar-refractivity contribution in [3.8, 4) is 5.88 Å². The number of carboxylic acids is 1. The molecule has 1 atom stereocenters. The SMILES string of the molecule is CCOc1cc(NC(C(=O)O)c2cccs2)nc(C)n1. The summed E-state index contributed by atoms with van der Waals surface area (Å²) in [6.45, 7) is 4.08. The van der Waals surface area contributed by atoms with Crippen molar-refractivity contribution in [3.05, 3.63) is 34.3 Å². The zero-order valence-electron chi connectivity index (χ0n) is 11.2. The Kier molecular flexibility index (Phi) is 4.52. The van der Waals surface area contributed by atoms with Gasteiger partial charge in [-0.15, -0.1) is 11.3 Å². The molecule has 2 rings (SSSR count). The predicted octanol–water partition coefficient (Wildman–Crippen LogP) is 2.48. The zero-order chi connectivity index (χ0) is 14.5. The highest BCUT2D eigenvalue weighted by Crippen LogP contribution is 2.24. The summed E-state index contributed by atoms with van der Waals surface area (Å²) in [5.41, 5.74) is 0. The van der Waals surface area contributed by atoms with Gasteiger partial charge in [0.15, 0.2) is 6.04 Å². The zero-order valence-corrected chi connectivity index (χ0v) is 12.0. The Balaban J connectivity index is 2.25. The lowest BCUT2D eigenvalue weighted by Gasteiger charge is -2.14. The molecule has 2 heterocycles. The van der Waals surface area contributed by atoms with E-state index in [-0.39, 0.29) is 0 Å². The fraction of sp³-hybridized carbons (Fsp3) is 0.308. The highest BCUT2D eigenvalue weighted by Gasteiger charge is 2.21. The Morgan fingerprint density at radius 3 is 2.95 bits per heavy atom. The van der Waals surface area contributed by atoms with Crippen LogP contribution in [0.4, 0.5) is 5.82 Å². The molecule has 0 aliphatic rings. The van der Waals surface area contributed by atoms with Gasteiger partial charge in [-0.25, -0.2) is 9.78 Å². The summed E-state index contributed by atoms with van der Waals surface area (Å²) in [6, 6.07) is 4.35. The molecule has 7 heteroatoms. The van der Waals surface area contributed by atoms with Crippen LogP contribution in [-0.4, -0.2) is 27.7 Å². The molecule has 0 spiro atoms. The second kappa shape index (κ2) is 6.33. The number of nitrogens with one attached hydrogen (secondary N) is 1. The second-order valence-electron chi connectivity index (χ2n) is 4.00. The van der Waals surface area contributed by atoms with Gasteiger partial charge in [0.25, 0.3) is 0 Å². The minimum atomic E-state index is -0.957. The first-order chi connectivity index (χ1) is 9.60. The van der Waals surface area contributed by atoms with Crippen molar-refractivity contribution in [2.45, 2.75) is 19.9 Å². The van der Waals surface area contributed by atoms with Gasteiger partial charge in [0.1, 0.15) is 11.6 Å². The molecule has 2 aromatic heterocycles. The van der Waals surface area contributed by atoms with Crippen molar-refractivity contribution >= 4 is 23.1 Å². The van der Waals surface area contributed by atoms with Gasteiger partial charge in [-0.2, -0.15) is 4.98 Å². The molecule has 0 saturated heterocycles. The number of hydrogen-bond donors (Lipinski definition) is 2. The molecular weight excluding hydrogens is 278 g/mol. The van der Waals surface area contributed by atoms with Gasteiger partial charge in [-0.05, 0) is 25.3 Å². The summed E-state index contributed by atoms with van der Waals surface area (Å²) in [6.07, 6.45) is 0. The highest BCUT2D eigenvalue weighted by molar-refractivity contribution is 7.10. The Labute approximate surface area is 120 Å². The van der Waals surface area contributed by atoms with E-state index in [1.165, 1.54) is 11.3 Å². The summed E-state index contributed by atoms with van der Waals surface area (Å²) >= 11 is 1.38. The molecule has 106 valence electrons. The third-order valence-electron chi connectivity index (χ3n) is 2.47. The molecule has 0 aromatic carbocycles. The smallest absolute Gasteiger partial charge is 0.331 e. The van der Waals surface area contributed by atoms with Gasteiger partial charge in [0.2, 0.25) is 5.88 Å². The number of ether oxygens (including phenoxy) is 1. The van der Waals surface area contributed by atoms with E-state index >= 15 is 0 Å². The minimum Gasteiger partial charge on any atom is -0.479 e. The van der Waals surface area contributed by atoms with E-state index in [1.54, 1.807) is 19.1 Å². The predicted molar refractivity (Wildman–Crippen MR) is 76.3 cm³/mol. The van der Waals surface area contributed by atoms with Crippen LogP contribution in [0, 0.1) is 6.92 Å². The van der Waals surface area contributed by atoms with Gasteiger partial charge >= 0.3 is 5.97 Å². The van der Waals surface area contributed by atoms with Crippen LogP contribution in [0.1, 0.15) is 23.7 Å². The van der Waals surface area contributed by atoms with Crippen LogP contribution in [0.5, 0.6) is 5.88 Å². The van der Waals surface area contributed by atoms with Crippen LogP contribution >= 0.6 is 11.3 Å². The van der Waals surface area contributed by atoms with Crippen LogP contribution < -0.4 is 10.1 Å². The molecule has 0 aliphatic carbocycles. The first kappa shape index (κ1) is 14.3. The molecule has 1 unspecified atom stereocenters. The first-order valence-electron chi connectivity index (χ1n) is 6.11. The van der Waals surface area contributed by atoms with Crippen molar-refractivity contribution in [2.75, 3.05) is 11.9 Å². The summed E-state index contributed by atoms with van der Waals surface area (Å²) in [5, 5.41) is 14.1. The van der Waals surface area contributed by atoms with E-state index in [0.717, 1.165) is 0 Å². The fourth-order valence-corrected chi connectivity index (χ4v) is 2.46. The number of thiophene rings is 1. The number of rotatable bonds is 6. The summed E-state index contributed by atoms with van der Waals surface area (Å²) in [4.78, 5) is 20.4. The second-order valence-corrected chi connectivity index (χ2v) is 4.98. The van der Waals surface area contributed by atoms with Crippen LogP contribution in [0.25, 0.3) is 0 Å². The van der Waals surface area contributed by atoms with Crippen LogP contribution in [0.2, 0.25) is 0 Å². The van der Waals surface area contributed by atoms with Crippen LogP contribution in [0.3, 0.4) is 0 Å². The molecule has 0 radical (unpaired) electrons. The topological polar surface area (TPSA) is 84.3 Å². The molecule has 0 fully saturated rings. The monoisotopic (exact) mass is 293 g/mol. The number of carbonyl (C=O) groups is 1. The van der Waals surface area contributed by atoms with Gasteiger partial charge in [-0.1, -0.05) is 6.07 Å². The third kappa shape index (κ3) is 3.45. The molecular formula is C13H15N3O3S. The standard InChI is InChI=1S/C13H15N3O3S/c1-3-19-11-7-10(14-8(2)15-11)16-12(13(17)18)9-5-4-6-20-9/h4-7,12H,3H2,1-2H3,(H,17,18)(H,14,15,16). The molecule has 0 aliphatic heterocycles. The Hall–Kier alpha value is -2.15. The molecule has 6 nitrogen and oxygen atoms in total. The lowest BCUT2D eigenvalue weighted by atomic mass is 10.2. The molecule has 20 heavy (non-hydrogen) atoms. The molecule has 2 aromatic rings. The quantitative estimate of drug-likeness (QED) is 0.851. The maximum absolute atomic E-state index is 11.4. The molecule has 2 N–H and O–H groups in total. The average Bonchev–Trinajstić information content (AvgIpc) is 2.89. The molecule has 0 amide bonds. The van der Waals surface area contributed by atoms with E-state index in [9.17, 15) is 9.90 Å². The Morgan fingerprint density at radius 2 is 2.35 bits per heavy atom. The summed E-state index contributed by atoms with van der Waals surface area (Å²) in [7, 11) is 0. The fourth-order valence-electron chi connectivity index (χ4n) is 1.69. The van der Waals surface area contributed by atoms with Crippen LogP contribution in [-0.2, 0) is 4.79 Å². The highest BCUT2D eigenvalue weighted by atomic mass is 32.1. The number of aromatic nitrogens is 2. The lowest BCUT2D eigenvalue weighted by molar-refractivity contribution is -0.138. The van der Waals surface area contributed by atoms with Gasteiger partial charge in [0.05, 0.1) is 6.61 Å². The Morgan fingerprint density at radius 1 is 1.55 bits per heavy atom. The number of nitrogens with zero attached hydrogens (tertiary/aromatic N) is 2. The lowest BCUT2D eigenvalue weighted by Crippen LogP contribution is -2.20. The van der Waals surface area contributed by atoms with E-state index in [1.807, 2.05) is 18.4 Å². The minimum absolute atomic E-state index is 0.429. The summed E-state index contributed by atoms with van der Waals surface area (Å²) < 4.78 is 5.32. The number of aliphatic carboxylic acids is 1. The van der Waals surface area contributed by atoms with Crippen molar-refractivity contribution < 1.29 is 14.6 Å². The number of hydrogen-bond acceptors (Lipinski definition) is 6. The van der Waals surface area contributed by atoms with Crippen molar-refractivity contribution in [1.29, 1.82) is 0 Å². The van der Waals surface area contributed by atoms with Crippen LogP contribution in [0.15, 0.2) is 23.6 Å².